The van der Waals surface area contributed by atoms with Crippen molar-refractivity contribution in [3.63, 3.8) is 0 Å². The Hall–Kier alpha value is -6.42. The monoisotopic (exact) mass is 1400 g/mol. The fraction of sp³-hybridized carbons (Fsp3) is 0.591. The lowest BCUT2D eigenvalue weighted by Gasteiger charge is -2.30. The maximum Gasteiger partial charge on any atom is 0.500 e. The lowest BCUT2D eigenvalue weighted by molar-refractivity contribution is -0.537. The maximum atomic E-state index is 14.5. The van der Waals surface area contributed by atoms with Gasteiger partial charge in [0.1, 0.15) is 79.1 Å². The SMILES string of the molecule is CCOP(=O)(O)OC1C(OC)[C@H](n2cnc3c(=O)[nH]c(N)nc32)O[C@@H]1COP(=O)(O)OC1[C@H]2COP(=O)(O)OC3C(OC4C=[N+](C(=O)NC4=O)[C@H](O2)[C@H]1OC)[C@H](n1cnc2c(N)ncnc21)O[C@@H]3COP(=O)(O)OC1C(OC)[C@H](n2cnc3c(=O)[nH]c(N)nc32)O[C@@H]1C. The van der Waals surface area contributed by atoms with Gasteiger partial charge in [0.25, 0.3) is 11.1 Å². The average Bonchev–Trinajstić information content (AvgIpc) is 1.64. The van der Waals surface area contributed by atoms with E-state index in [0.717, 1.165) is 44.0 Å². The van der Waals surface area contributed by atoms with Gasteiger partial charge in [-0.3, -0.25) is 69.4 Å². The predicted octanol–water partition coefficient (Wildman–Crippen LogP) is -2.55. The summed E-state index contributed by atoms with van der Waals surface area (Å²) >= 11 is 0. The molecule has 0 saturated carbocycles. The Morgan fingerprint density at radius 1 is 0.656 bits per heavy atom. The molecular formula is C44H58N17O28P4+. The van der Waals surface area contributed by atoms with E-state index in [1.807, 2.05) is 0 Å². The van der Waals surface area contributed by atoms with Crippen LogP contribution in [0.1, 0.15) is 32.5 Å². The third-order valence-electron chi connectivity index (χ3n) is 15.3. The fourth-order valence-corrected chi connectivity index (χ4v) is 15.2. The molecular weight excluding hydrogens is 1340 g/mol. The number of methoxy groups -OCH3 is 3. The van der Waals surface area contributed by atoms with Gasteiger partial charge in [-0.2, -0.15) is 24.7 Å². The second kappa shape index (κ2) is 25.6. The number of fused-ring (bicyclic) bond motifs is 8. The highest BCUT2D eigenvalue weighted by Crippen LogP contribution is 2.56. The number of anilines is 3. The normalized spacial score (nSPS) is 34.4. The Bertz CT molecular complexity index is 4230. The van der Waals surface area contributed by atoms with E-state index < -0.39 is 178 Å². The number of urea groups is 1. The number of hydrogen-bond acceptors (Lipinski definition) is 34. The number of aromatic nitrogens is 12. The van der Waals surface area contributed by atoms with E-state index >= 15 is 0 Å². The van der Waals surface area contributed by atoms with E-state index in [0.29, 0.717) is 0 Å². The standard InChI is InChI=1S/C44H57N17O28P4/c1-6-77-90(66,67)87-25-18(84-40(29(25)76-5)61-14-52-22-34(61)54-43(47)56-37(22)64)9-79-92(70,71)88-24-17-8-80-93(72,73)89-26-19(10-78-91(68,69)86-23-15(2)81-39(27(23)74-3)60-13-51-21-33(60)53-42(46)55-36(21)63)85-41(59-12-50-20-31(45)48-11-49-32(20)59)30(26)82-16-7-58(44(65)57-35(16)62)38(83-17)28(24)75-4/h7,11-19,23-30,38-41H,6,8-10H2,1-5H3,(H12-,45,46,47,48,49,53,54,55,56,57,62,63,64,65,66,67,68,69,70,71,72,73)/p+1/t15-,16?,17-,18-,19-,23?,24?,25?,26?,27?,28+,29?,30?,38-,39-,40-,41-/m1/s1. The van der Waals surface area contributed by atoms with Crippen LogP contribution in [0.2, 0.25) is 0 Å². The molecule has 3 amide bonds. The summed E-state index contributed by atoms with van der Waals surface area (Å²) in [5.74, 6) is -1.87. The van der Waals surface area contributed by atoms with Crippen LogP contribution in [0.25, 0.3) is 33.5 Å². The Kier molecular flexibility index (Phi) is 18.3. The van der Waals surface area contributed by atoms with Crippen molar-refractivity contribution in [1.29, 1.82) is 0 Å². The minimum absolute atomic E-state index is 0.00511. The van der Waals surface area contributed by atoms with Gasteiger partial charge in [-0.15, -0.1) is 0 Å². The molecule has 506 valence electrons. The molecule has 12 rings (SSSR count). The lowest BCUT2D eigenvalue weighted by atomic mass is 10.1. The first-order valence-corrected chi connectivity index (χ1v) is 33.4. The summed E-state index contributed by atoms with van der Waals surface area (Å²) in [6, 6.07) is -1.20. The number of phosphoric ester groups is 4. The Morgan fingerprint density at radius 3 is 1.81 bits per heavy atom. The number of amides is 3. The molecule has 6 aliphatic rings. The van der Waals surface area contributed by atoms with Gasteiger partial charge >= 0.3 is 43.2 Å². The number of rotatable bonds is 20. The van der Waals surface area contributed by atoms with Crippen LogP contribution in [0.5, 0.6) is 0 Å². The first kappa shape index (κ1) is 66.6. The molecule has 21 atom stereocenters. The predicted molar refractivity (Wildman–Crippen MR) is 300 cm³/mol. The second-order valence-corrected chi connectivity index (χ2v) is 26.6. The van der Waals surface area contributed by atoms with E-state index in [9.17, 15) is 57.0 Å². The van der Waals surface area contributed by atoms with Gasteiger partial charge in [0.2, 0.25) is 24.2 Å². The molecule has 13 N–H and O–H groups in total. The highest BCUT2D eigenvalue weighted by atomic mass is 31.2. The Balaban J connectivity index is 0.824. The summed E-state index contributed by atoms with van der Waals surface area (Å²) in [4.78, 5) is 132. The third-order valence-corrected chi connectivity index (χ3v) is 19.4. The Morgan fingerprint density at radius 2 is 1.19 bits per heavy atom. The Labute approximate surface area is 518 Å². The van der Waals surface area contributed by atoms with Gasteiger partial charge < -0.3 is 74.7 Å². The molecule has 12 heterocycles. The fourth-order valence-electron chi connectivity index (χ4n) is 11.4. The number of hydrogen-bond donors (Lipinski definition) is 10. The van der Waals surface area contributed by atoms with Gasteiger partial charge in [-0.25, -0.2) is 48.0 Å². The lowest BCUT2D eigenvalue weighted by Crippen LogP contribution is -2.58. The first-order chi connectivity index (χ1) is 44.1. The number of imide groups is 1. The molecule has 4 bridgehead atoms. The van der Waals surface area contributed by atoms with Crippen LogP contribution in [0.15, 0.2) is 34.9 Å². The van der Waals surface area contributed by atoms with Crippen molar-refractivity contribution in [2.24, 2.45) is 0 Å². The van der Waals surface area contributed by atoms with Crippen LogP contribution in [0.3, 0.4) is 0 Å². The number of nitrogens with zero attached hydrogens (tertiary/aromatic N) is 11. The van der Waals surface area contributed by atoms with Crippen LogP contribution >= 0.6 is 31.3 Å². The topological polar surface area (TPSA) is 595 Å². The van der Waals surface area contributed by atoms with Crippen molar-refractivity contribution in [2.75, 3.05) is 65.0 Å². The number of imidazole rings is 3. The largest absolute Gasteiger partial charge is 0.500 e. The van der Waals surface area contributed by atoms with Crippen LogP contribution < -0.4 is 33.6 Å². The van der Waals surface area contributed by atoms with Gasteiger partial charge in [0.05, 0.1) is 51.5 Å². The molecule has 6 aliphatic heterocycles. The van der Waals surface area contributed by atoms with E-state index in [-0.39, 0.29) is 57.8 Å². The molecule has 6 aromatic rings. The third kappa shape index (κ3) is 13.0. The van der Waals surface area contributed by atoms with E-state index in [2.05, 4.69) is 50.2 Å². The highest BCUT2D eigenvalue weighted by Gasteiger charge is 2.60. The number of nitrogens with one attached hydrogen (secondary N) is 3. The summed E-state index contributed by atoms with van der Waals surface area (Å²) in [6.45, 7) is -0.738. The molecule has 0 spiro atoms. The van der Waals surface area contributed by atoms with Crippen LogP contribution in [-0.2, 0) is 97.1 Å². The maximum absolute atomic E-state index is 14.5. The van der Waals surface area contributed by atoms with Crippen molar-refractivity contribution in [3.8, 4) is 0 Å². The molecule has 93 heavy (non-hydrogen) atoms. The number of ether oxygens (including phenoxy) is 8. The second-order valence-electron chi connectivity index (χ2n) is 21.0. The van der Waals surface area contributed by atoms with Crippen molar-refractivity contribution < 1.29 is 126 Å². The zero-order valence-electron chi connectivity index (χ0n) is 48.6. The quantitative estimate of drug-likeness (QED) is 0.0278. The molecule has 49 heteroatoms. The molecule has 0 radical (unpaired) electrons. The number of H-pyrrole nitrogens is 2. The molecule has 6 aromatic heterocycles. The summed E-state index contributed by atoms with van der Waals surface area (Å²) < 4.78 is 153. The molecule has 0 aromatic carbocycles. The molecule has 45 nitrogen and oxygen atoms in total. The van der Waals surface area contributed by atoms with Crippen molar-refractivity contribution in [2.45, 2.75) is 118 Å². The number of carbonyl (C=O) groups is 2. The number of phosphoric acid groups is 4. The van der Waals surface area contributed by atoms with Gasteiger partial charge in [-0.1, -0.05) is 0 Å². The average molecular weight is 1400 g/mol. The van der Waals surface area contributed by atoms with E-state index in [1.54, 1.807) is 0 Å². The van der Waals surface area contributed by atoms with Crippen molar-refractivity contribution in [3.05, 3.63) is 46.0 Å². The summed E-state index contributed by atoms with van der Waals surface area (Å²) in [6.07, 6.45) is -22.4. The van der Waals surface area contributed by atoms with Gasteiger partial charge in [0.15, 0.2) is 58.6 Å². The summed E-state index contributed by atoms with van der Waals surface area (Å²) in [7, 11) is -18.2. The van der Waals surface area contributed by atoms with Crippen molar-refractivity contribution in [1.82, 2.24) is 63.9 Å². The number of nitrogen functional groups attached to an aromatic ring is 3. The number of aromatic amines is 2. The summed E-state index contributed by atoms with van der Waals surface area (Å²) in [5, 5.41) is 2.10. The van der Waals surface area contributed by atoms with Gasteiger partial charge in [0, 0.05) is 21.3 Å². The molecule has 12 unspecified atom stereocenters. The van der Waals surface area contributed by atoms with E-state index in [4.69, 9.17) is 91.3 Å². The molecule has 0 aliphatic carbocycles. The zero-order valence-corrected chi connectivity index (χ0v) is 52.1. The van der Waals surface area contributed by atoms with Crippen LogP contribution in [0.4, 0.5) is 22.5 Å². The van der Waals surface area contributed by atoms with E-state index in [1.165, 1.54) is 41.0 Å². The molecule has 4 saturated heterocycles. The highest BCUT2D eigenvalue weighted by molar-refractivity contribution is 7.48. The summed E-state index contributed by atoms with van der Waals surface area (Å²) in [5.41, 5.74) is 15.8. The van der Waals surface area contributed by atoms with Crippen LogP contribution in [-0.4, -0.2) is 234 Å². The zero-order chi connectivity index (χ0) is 66.4. The smallest absolute Gasteiger partial charge is 0.382 e. The minimum atomic E-state index is -5.68. The van der Waals surface area contributed by atoms with Crippen molar-refractivity contribution >= 4 is 101 Å². The van der Waals surface area contributed by atoms with Gasteiger partial charge in [-0.05, 0) is 13.8 Å². The number of nitrogens with two attached hydrogens (primary N) is 3. The number of carbonyl (C=O) groups excluding carboxylic acids is 2. The van der Waals surface area contributed by atoms with Crippen LogP contribution in [0, 0.1) is 0 Å². The molecule has 4 fully saturated rings. The minimum Gasteiger partial charge on any atom is -0.382 e. The first-order valence-electron chi connectivity index (χ1n) is 27.5.